The summed E-state index contributed by atoms with van der Waals surface area (Å²) in [7, 11) is -2.23. The largest absolute Gasteiger partial charge is 0.497 e. The number of hydrogen-bond donors (Lipinski definition) is 3. The van der Waals surface area contributed by atoms with Crippen molar-refractivity contribution in [2.75, 3.05) is 20.3 Å². The Labute approximate surface area is 304 Å². The molecule has 2 heterocycles. The van der Waals surface area contributed by atoms with E-state index in [4.69, 9.17) is 19.2 Å². The minimum absolute atomic E-state index is 0.0181. The normalized spacial score (nSPS) is 24.8. The Hall–Kier alpha value is -4.41. The molecule has 2 aliphatic carbocycles. The van der Waals surface area contributed by atoms with Crippen molar-refractivity contribution in [3.05, 3.63) is 67.3 Å². The molecule has 3 N–H and O–H groups in total. The summed E-state index contributed by atoms with van der Waals surface area (Å²) in [5, 5.41) is 5.01. The van der Waals surface area contributed by atoms with Crippen molar-refractivity contribution in [2.45, 2.75) is 88.9 Å². The van der Waals surface area contributed by atoms with E-state index in [-0.39, 0.29) is 31.4 Å². The van der Waals surface area contributed by atoms with Crippen molar-refractivity contribution in [1.29, 1.82) is 0 Å². The number of aromatic nitrogens is 1. The minimum atomic E-state index is -3.81. The van der Waals surface area contributed by atoms with Crippen LogP contribution >= 0.6 is 7.37 Å². The lowest BCUT2D eigenvalue weighted by Crippen LogP contribution is -2.58. The quantitative estimate of drug-likeness (QED) is 0.153. The predicted molar refractivity (Wildman–Crippen MR) is 198 cm³/mol. The maximum Gasteiger partial charge on any atom is 0.408 e. The highest BCUT2D eigenvalue weighted by Gasteiger charge is 2.64. The number of carbonyl (C=O) groups is 3. The van der Waals surface area contributed by atoms with Gasteiger partial charge in [-0.15, -0.1) is 6.58 Å². The summed E-state index contributed by atoms with van der Waals surface area (Å²) in [4.78, 5) is 58.9. The maximum absolute atomic E-state index is 14.6. The number of carbonyl (C=O) groups excluding carboxylic acids is 3. The van der Waals surface area contributed by atoms with Crippen LogP contribution in [0.25, 0.3) is 22.2 Å². The van der Waals surface area contributed by atoms with Crippen molar-refractivity contribution in [3.63, 3.8) is 0 Å². The average molecular weight is 733 g/mol. The highest BCUT2D eigenvalue weighted by molar-refractivity contribution is 7.59. The second-order valence-electron chi connectivity index (χ2n) is 15.3. The van der Waals surface area contributed by atoms with Gasteiger partial charge in [-0.25, -0.2) is 9.78 Å². The van der Waals surface area contributed by atoms with E-state index in [1.165, 1.54) is 11.6 Å². The zero-order chi connectivity index (χ0) is 37.4. The molecule has 3 amide bonds. The molecule has 3 fully saturated rings. The lowest BCUT2D eigenvalue weighted by atomic mass is 9.85. The van der Waals surface area contributed by atoms with E-state index in [0.29, 0.717) is 28.1 Å². The number of pyridine rings is 1. The molecule has 2 aromatic carbocycles. The van der Waals surface area contributed by atoms with E-state index in [1.807, 2.05) is 75.4 Å². The number of amides is 3. The number of nitrogens with one attached hydrogen (secondary N) is 2. The Morgan fingerprint density at radius 2 is 1.81 bits per heavy atom. The first-order chi connectivity index (χ1) is 24.6. The molecule has 1 aromatic heterocycles. The van der Waals surface area contributed by atoms with Gasteiger partial charge in [-0.2, -0.15) is 0 Å². The SMILES string of the molecule is C=C[C@@H]1C[C@]1(NC(=O)[C@@H]1C[C@@H](Oc2cc(-c3ccccc3)nc3cc(OC)ccc23)CN1C(=O)C(NC(=O)OC1CCCC1)C(C)(C)C)P(C)(=O)O. The van der Waals surface area contributed by atoms with Gasteiger partial charge in [0.2, 0.25) is 19.2 Å². The Bertz CT molecular complexity index is 1890. The Morgan fingerprint density at radius 1 is 1.10 bits per heavy atom. The van der Waals surface area contributed by atoms with Crippen LogP contribution in [0.3, 0.4) is 0 Å². The third kappa shape index (κ3) is 7.69. The van der Waals surface area contributed by atoms with Gasteiger partial charge in [0, 0.05) is 42.1 Å². The van der Waals surface area contributed by atoms with Gasteiger partial charge in [-0.1, -0.05) is 57.2 Å². The monoisotopic (exact) mass is 732 g/mol. The summed E-state index contributed by atoms with van der Waals surface area (Å²) in [6.07, 6.45) is 3.89. The van der Waals surface area contributed by atoms with E-state index in [0.717, 1.165) is 31.2 Å². The van der Waals surface area contributed by atoms with Crippen LogP contribution in [0.5, 0.6) is 11.5 Å². The van der Waals surface area contributed by atoms with Gasteiger partial charge in [0.05, 0.1) is 24.9 Å². The van der Waals surface area contributed by atoms with Crippen molar-refractivity contribution in [2.24, 2.45) is 11.3 Å². The molecular formula is C39H49N4O8P. The molecule has 3 aromatic rings. The standard InChI is InChI=1S/C39H49N4O8P/c1-7-25-22-39(25,52(6,47)48)42-35(44)32-20-28(23-43(32)36(45)34(38(2,3)4)41-37(46)51-26-15-11-12-16-26)50-33-21-30(24-13-9-8-10-14-24)40-31-19-27(49-5)17-18-29(31)33/h7-10,13-14,17-19,21,25-26,28,32,34H,1,11-12,15-16,20,22-23H2,2-6H3,(H,41,46)(H,42,44)(H,47,48)/t25-,28-,32+,34?,39+/m1/s1. The molecule has 278 valence electrons. The lowest BCUT2D eigenvalue weighted by Gasteiger charge is -2.35. The molecule has 6 rings (SSSR count). The smallest absolute Gasteiger partial charge is 0.408 e. The molecule has 2 unspecified atom stereocenters. The summed E-state index contributed by atoms with van der Waals surface area (Å²) >= 11 is 0. The van der Waals surface area contributed by atoms with Crippen molar-refractivity contribution < 1.29 is 38.1 Å². The van der Waals surface area contributed by atoms with Crippen LogP contribution in [-0.4, -0.2) is 82.6 Å². The van der Waals surface area contributed by atoms with Crippen LogP contribution in [0.1, 0.15) is 59.3 Å². The molecule has 13 heteroatoms. The molecule has 1 aliphatic heterocycles. The zero-order valence-corrected chi connectivity index (χ0v) is 31.4. The van der Waals surface area contributed by atoms with Gasteiger partial charge in [-0.3, -0.25) is 14.2 Å². The van der Waals surface area contributed by atoms with Crippen LogP contribution in [0.2, 0.25) is 0 Å². The molecule has 0 radical (unpaired) electrons. The van der Waals surface area contributed by atoms with Crippen LogP contribution in [0.15, 0.2) is 67.3 Å². The summed E-state index contributed by atoms with van der Waals surface area (Å²) in [5.41, 5.74) is 1.43. The number of alkyl carbamates (subject to hydrolysis) is 1. The van der Waals surface area contributed by atoms with Crippen LogP contribution < -0.4 is 20.1 Å². The minimum Gasteiger partial charge on any atom is -0.497 e. The molecule has 12 nitrogen and oxygen atoms in total. The molecule has 6 atom stereocenters. The average Bonchev–Trinajstić information content (AvgIpc) is 3.37. The van der Waals surface area contributed by atoms with E-state index < -0.39 is 54.2 Å². The van der Waals surface area contributed by atoms with Gasteiger partial charge >= 0.3 is 6.09 Å². The summed E-state index contributed by atoms with van der Waals surface area (Å²) in [5.74, 6) is -0.308. The van der Waals surface area contributed by atoms with Gasteiger partial charge in [-0.05, 0) is 49.7 Å². The number of ether oxygens (including phenoxy) is 3. The Balaban J connectivity index is 1.33. The third-order valence-electron chi connectivity index (χ3n) is 10.5. The number of hydrogen-bond acceptors (Lipinski definition) is 8. The second-order valence-corrected chi connectivity index (χ2v) is 17.9. The molecule has 3 aliphatic rings. The number of likely N-dealkylation sites (tertiary alicyclic amines) is 1. The summed E-state index contributed by atoms with van der Waals surface area (Å²) in [6.45, 7) is 10.5. The molecule has 0 bridgehead atoms. The zero-order valence-electron chi connectivity index (χ0n) is 30.5. The van der Waals surface area contributed by atoms with E-state index in [1.54, 1.807) is 13.2 Å². The topological polar surface area (TPSA) is 156 Å². The molecule has 52 heavy (non-hydrogen) atoms. The van der Waals surface area contributed by atoms with Crippen molar-refractivity contribution in [1.82, 2.24) is 20.5 Å². The third-order valence-corrected chi connectivity index (χ3v) is 12.6. The molecule has 0 spiro atoms. The van der Waals surface area contributed by atoms with E-state index >= 15 is 0 Å². The number of fused-ring (bicyclic) bond motifs is 1. The first kappa shape index (κ1) is 37.4. The molecular weight excluding hydrogens is 683 g/mol. The van der Waals surface area contributed by atoms with Crippen LogP contribution in [0, 0.1) is 11.3 Å². The predicted octanol–water partition coefficient (Wildman–Crippen LogP) is 6.26. The number of methoxy groups -OCH3 is 1. The van der Waals surface area contributed by atoms with E-state index in [2.05, 4.69) is 17.2 Å². The number of nitrogens with zero attached hydrogens (tertiary/aromatic N) is 2. The first-order valence-electron chi connectivity index (χ1n) is 17.9. The van der Waals surface area contributed by atoms with E-state index in [9.17, 15) is 23.8 Å². The van der Waals surface area contributed by atoms with Gasteiger partial charge in [0.1, 0.15) is 41.1 Å². The van der Waals surface area contributed by atoms with Gasteiger partial charge in [0.25, 0.3) is 0 Å². The van der Waals surface area contributed by atoms with Crippen LogP contribution in [0.4, 0.5) is 4.79 Å². The fraction of sp³-hybridized carbons (Fsp3) is 0.487. The highest BCUT2D eigenvalue weighted by atomic mass is 31.2. The second kappa shape index (κ2) is 14.5. The number of benzene rings is 2. The Morgan fingerprint density at radius 3 is 2.42 bits per heavy atom. The van der Waals surface area contributed by atoms with Crippen molar-refractivity contribution in [3.8, 4) is 22.8 Å². The highest BCUT2D eigenvalue weighted by Crippen LogP contribution is 2.67. The maximum atomic E-state index is 14.6. The van der Waals surface area contributed by atoms with Gasteiger partial charge in [0.15, 0.2) is 0 Å². The molecule has 2 saturated carbocycles. The van der Waals surface area contributed by atoms with Crippen molar-refractivity contribution >= 4 is 36.2 Å². The Kier molecular flexibility index (Phi) is 10.4. The molecule has 1 saturated heterocycles. The van der Waals surface area contributed by atoms with Gasteiger partial charge < -0.3 is 34.6 Å². The summed E-state index contributed by atoms with van der Waals surface area (Å²) in [6, 6.07) is 14.9. The fourth-order valence-corrected chi connectivity index (χ4v) is 8.99. The van der Waals surface area contributed by atoms with Crippen LogP contribution in [-0.2, 0) is 18.9 Å². The number of rotatable bonds is 11. The first-order valence-corrected chi connectivity index (χ1v) is 20.0. The lowest BCUT2D eigenvalue weighted by molar-refractivity contribution is -0.142. The summed E-state index contributed by atoms with van der Waals surface area (Å²) < 4.78 is 30.9. The fourth-order valence-electron chi connectivity index (χ4n) is 7.41.